The van der Waals surface area contributed by atoms with Gasteiger partial charge in [0.1, 0.15) is 17.9 Å². The number of carbonyl (C=O) groups excluding carboxylic acids is 2. The van der Waals surface area contributed by atoms with Crippen LogP contribution in [0.5, 0.6) is 5.75 Å². The molecular formula is C37H45ClN11O4P. The van der Waals surface area contributed by atoms with Crippen LogP contribution in [0.15, 0.2) is 61.1 Å². The fraction of sp³-hybridized carbons (Fsp3) is 0.405. The van der Waals surface area contributed by atoms with Gasteiger partial charge < -0.3 is 24.8 Å². The summed E-state index contributed by atoms with van der Waals surface area (Å²) in [5.41, 5.74) is 3.37. The molecular weight excluding hydrogens is 729 g/mol. The summed E-state index contributed by atoms with van der Waals surface area (Å²) in [6.07, 6.45) is 7.27. The summed E-state index contributed by atoms with van der Waals surface area (Å²) in [7, 11) is -0.891. The number of carbonyl (C=O) groups is 2. The number of aromatic nitrogens is 4. The number of para-hydroxylation sites is 1. The lowest BCUT2D eigenvalue weighted by atomic mass is 10.0. The summed E-state index contributed by atoms with van der Waals surface area (Å²) < 4.78 is 18.7. The van der Waals surface area contributed by atoms with Crippen molar-refractivity contribution < 1.29 is 18.9 Å². The standard InChI is InChI=1S/C37H45ClN11O4P/c1-53-31-20-27(8-9-29(31)43-36-41-22-28(38)35(45-36)42-30-6-4-5-7-32(30)54(2,3)52)47-13-10-26(11-14-47)48-18-16-46(17-19-48)24-25-21-40-33(23-39-25)49-15-12-34(50)44-37(49)51/h4-9,20-23,26H,10-19,24H2,1-3H3,(H,44,50,51)(H2,41,42,43,45). The average molecular weight is 774 g/mol. The first-order valence-corrected chi connectivity index (χ1v) is 21.0. The molecule has 3 aliphatic rings. The van der Waals surface area contributed by atoms with Crippen LogP contribution in [0.4, 0.5) is 39.4 Å². The predicted molar refractivity (Wildman–Crippen MR) is 212 cm³/mol. The van der Waals surface area contributed by atoms with Gasteiger partial charge in [0.2, 0.25) is 11.9 Å². The summed E-state index contributed by atoms with van der Waals surface area (Å²) >= 11 is 6.47. The van der Waals surface area contributed by atoms with Crippen molar-refractivity contribution >= 4 is 70.6 Å². The zero-order valence-electron chi connectivity index (χ0n) is 30.7. The quantitative estimate of drug-likeness (QED) is 0.177. The molecule has 0 spiro atoms. The number of nitrogens with zero attached hydrogens (tertiary/aromatic N) is 8. The number of imide groups is 1. The zero-order chi connectivity index (χ0) is 37.8. The second kappa shape index (κ2) is 16.3. The van der Waals surface area contributed by atoms with E-state index in [0.717, 1.165) is 74.5 Å². The Hall–Kier alpha value is -4.82. The van der Waals surface area contributed by atoms with E-state index in [1.165, 1.54) is 11.1 Å². The van der Waals surface area contributed by atoms with Crippen molar-refractivity contribution in [1.29, 1.82) is 0 Å². The Balaban J connectivity index is 0.902. The lowest BCUT2D eigenvalue weighted by molar-refractivity contribution is -0.120. The van der Waals surface area contributed by atoms with Crippen LogP contribution in [0.25, 0.3) is 0 Å². The Kier molecular flexibility index (Phi) is 11.3. The second-order valence-electron chi connectivity index (χ2n) is 14.0. The SMILES string of the molecule is COc1cc(N2CCC(N3CCN(Cc4cnc(N5CCC(=O)NC5=O)cn4)CC3)CC2)ccc1Nc1ncc(Cl)c(Nc2ccccc2P(C)(C)=O)n1. The highest BCUT2D eigenvalue weighted by Gasteiger charge is 2.29. The van der Waals surface area contributed by atoms with Gasteiger partial charge in [0.05, 0.1) is 42.8 Å². The first kappa shape index (κ1) is 37.5. The molecule has 4 aromatic rings. The van der Waals surface area contributed by atoms with Gasteiger partial charge >= 0.3 is 6.03 Å². The Morgan fingerprint density at radius 2 is 1.69 bits per heavy atom. The second-order valence-corrected chi connectivity index (χ2v) is 17.6. The molecule has 0 radical (unpaired) electrons. The molecule has 3 fully saturated rings. The van der Waals surface area contributed by atoms with Gasteiger partial charge in [0.25, 0.3) is 0 Å². The average Bonchev–Trinajstić information content (AvgIpc) is 3.17. The van der Waals surface area contributed by atoms with Crippen LogP contribution in [0.3, 0.4) is 0 Å². The highest BCUT2D eigenvalue weighted by molar-refractivity contribution is 7.70. The third kappa shape index (κ3) is 8.76. The van der Waals surface area contributed by atoms with E-state index in [1.807, 2.05) is 36.4 Å². The molecule has 284 valence electrons. The van der Waals surface area contributed by atoms with Gasteiger partial charge in [0, 0.05) is 81.9 Å². The van der Waals surface area contributed by atoms with Gasteiger partial charge in [-0.15, -0.1) is 0 Å². The van der Waals surface area contributed by atoms with Crippen molar-refractivity contribution in [3.8, 4) is 5.75 Å². The van der Waals surface area contributed by atoms with Crippen LogP contribution < -0.4 is 35.8 Å². The van der Waals surface area contributed by atoms with Crippen molar-refractivity contribution in [2.45, 2.75) is 31.8 Å². The summed E-state index contributed by atoms with van der Waals surface area (Å²) in [6.45, 7) is 10.3. The lowest BCUT2D eigenvalue weighted by Crippen LogP contribution is -2.53. The minimum absolute atomic E-state index is 0.253. The van der Waals surface area contributed by atoms with Crippen molar-refractivity contribution in [2.75, 3.05) is 86.7 Å². The molecule has 0 unspecified atom stereocenters. The zero-order valence-corrected chi connectivity index (χ0v) is 32.3. The molecule has 0 saturated carbocycles. The summed E-state index contributed by atoms with van der Waals surface area (Å²) in [5.74, 6) is 1.60. The summed E-state index contributed by atoms with van der Waals surface area (Å²) in [6, 6.07) is 13.6. The fourth-order valence-corrected chi connectivity index (χ4v) is 8.44. The smallest absolute Gasteiger partial charge is 0.329 e. The minimum atomic E-state index is -2.54. The first-order valence-electron chi connectivity index (χ1n) is 18.1. The maximum atomic E-state index is 12.9. The number of piperazine rings is 1. The van der Waals surface area contributed by atoms with E-state index in [2.05, 4.69) is 56.7 Å². The molecule has 2 aromatic heterocycles. The van der Waals surface area contributed by atoms with E-state index in [4.69, 9.17) is 16.3 Å². The van der Waals surface area contributed by atoms with E-state index < -0.39 is 13.2 Å². The normalized spacial score (nSPS) is 17.7. The molecule has 5 heterocycles. The maximum Gasteiger partial charge on any atom is 0.329 e. The van der Waals surface area contributed by atoms with Crippen LogP contribution >= 0.6 is 18.7 Å². The first-order chi connectivity index (χ1) is 26.0. The predicted octanol–water partition coefficient (Wildman–Crippen LogP) is 4.90. The molecule has 15 nitrogen and oxygen atoms in total. The van der Waals surface area contributed by atoms with E-state index in [0.29, 0.717) is 53.2 Å². The number of amides is 3. The Morgan fingerprint density at radius 1 is 0.907 bits per heavy atom. The number of piperidine rings is 1. The molecule has 7 rings (SSSR count). The molecule has 54 heavy (non-hydrogen) atoms. The van der Waals surface area contributed by atoms with Gasteiger partial charge in [-0.05, 0) is 50.4 Å². The highest BCUT2D eigenvalue weighted by Crippen LogP contribution is 2.39. The van der Waals surface area contributed by atoms with E-state index in [-0.39, 0.29) is 12.3 Å². The molecule has 3 saturated heterocycles. The number of urea groups is 1. The molecule has 0 aliphatic carbocycles. The van der Waals surface area contributed by atoms with Crippen LogP contribution in [0, 0.1) is 0 Å². The Morgan fingerprint density at radius 3 is 2.39 bits per heavy atom. The third-order valence-corrected chi connectivity index (χ3v) is 11.9. The van der Waals surface area contributed by atoms with Crippen molar-refractivity contribution in [3.63, 3.8) is 0 Å². The number of methoxy groups -OCH3 is 1. The summed E-state index contributed by atoms with van der Waals surface area (Å²) in [4.78, 5) is 50.4. The molecule has 3 N–H and O–H groups in total. The molecule has 3 amide bonds. The van der Waals surface area contributed by atoms with Gasteiger partial charge in [0.15, 0.2) is 11.6 Å². The molecule has 17 heteroatoms. The number of hydrogen-bond donors (Lipinski definition) is 3. The number of ether oxygens (including phenoxy) is 1. The molecule has 0 bridgehead atoms. The largest absolute Gasteiger partial charge is 0.494 e. The molecule has 2 aromatic carbocycles. The summed E-state index contributed by atoms with van der Waals surface area (Å²) in [5, 5.41) is 9.90. The van der Waals surface area contributed by atoms with Crippen LogP contribution in [-0.2, 0) is 15.9 Å². The number of benzene rings is 2. The minimum Gasteiger partial charge on any atom is -0.494 e. The van der Waals surface area contributed by atoms with Gasteiger partial charge in [-0.1, -0.05) is 23.7 Å². The molecule has 0 atom stereocenters. The van der Waals surface area contributed by atoms with Crippen LogP contribution in [0.1, 0.15) is 25.0 Å². The number of anilines is 6. The third-order valence-electron chi connectivity index (χ3n) is 10.1. The lowest BCUT2D eigenvalue weighted by Gasteiger charge is -2.43. The van der Waals surface area contributed by atoms with Gasteiger partial charge in [-0.25, -0.2) is 14.8 Å². The maximum absolute atomic E-state index is 12.9. The van der Waals surface area contributed by atoms with Crippen molar-refractivity contribution in [3.05, 3.63) is 71.8 Å². The monoisotopic (exact) mass is 773 g/mol. The number of nitrogens with one attached hydrogen (secondary N) is 3. The van der Waals surface area contributed by atoms with E-state index in [1.54, 1.807) is 32.8 Å². The van der Waals surface area contributed by atoms with Crippen molar-refractivity contribution in [2.24, 2.45) is 0 Å². The fourth-order valence-electron chi connectivity index (χ4n) is 7.15. The van der Waals surface area contributed by atoms with E-state index >= 15 is 0 Å². The molecule has 3 aliphatic heterocycles. The van der Waals surface area contributed by atoms with Gasteiger partial charge in [-0.2, -0.15) is 4.98 Å². The number of hydrogen-bond acceptors (Lipinski definition) is 13. The van der Waals surface area contributed by atoms with Crippen LogP contribution in [0.2, 0.25) is 5.02 Å². The topological polar surface area (TPSA) is 161 Å². The number of halogens is 1. The highest BCUT2D eigenvalue weighted by atomic mass is 35.5. The van der Waals surface area contributed by atoms with Crippen LogP contribution in [-0.4, -0.2) is 114 Å². The Labute approximate surface area is 319 Å². The number of rotatable bonds is 11. The van der Waals surface area contributed by atoms with E-state index in [9.17, 15) is 14.2 Å². The Bertz CT molecular complexity index is 2030. The van der Waals surface area contributed by atoms with Gasteiger partial charge in [-0.3, -0.25) is 29.8 Å². The van der Waals surface area contributed by atoms with Crippen molar-refractivity contribution in [1.82, 2.24) is 35.1 Å².